The van der Waals surface area contributed by atoms with Crippen LogP contribution in [0.3, 0.4) is 0 Å². The monoisotopic (exact) mass is 1110 g/mol. The van der Waals surface area contributed by atoms with Gasteiger partial charge in [0.2, 0.25) is 0 Å². The molecule has 0 aliphatic carbocycles. The largest absolute Gasteiger partial charge is 0.374 e. The molecule has 12 nitrogen and oxygen atoms in total. The van der Waals surface area contributed by atoms with Crippen molar-refractivity contribution in [3.05, 3.63) is 287 Å². The van der Waals surface area contributed by atoms with E-state index in [1.54, 1.807) is 12.1 Å². The number of hydrogen-bond acceptors (Lipinski definition) is 12. The molecule has 2 heterocycles. The van der Waals surface area contributed by atoms with Gasteiger partial charge < -0.3 is 47.4 Å². The van der Waals surface area contributed by atoms with Crippen LogP contribution in [0.5, 0.6) is 0 Å². The quantitative estimate of drug-likeness (QED) is 0.0463. The highest BCUT2D eigenvalue weighted by molar-refractivity contribution is 7.91. The van der Waals surface area contributed by atoms with Crippen LogP contribution in [0.4, 0.5) is 0 Å². The van der Waals surface area contributed by atoms with Crippen LogP contribution in [0.25, 0.3) is 0 Å². The zero-order valence-electron chi connectivity index (χ0n) is 45.2. The Balaban J connectivity index is 1.08. The lowest BCUT2D eigenvalue weighted by Crippen LogP contribution is -2.67. The summed E-state index contributed by atoms with van der Waals surface area (Å²) < 4.78 is 101. The Morgan fingerprint density at radius 1 is 0.296 bits per heavy atom. The van der Waals surface area contributed by atoms with E-state index >= 15 is 8.42 Å². The van der Waals surface area contributed by atoms with E-state index in [9.17, 15) is 0 Å². The maximum atomic E-state index is 15.3. The van der Waals surface area contributed by atoms with E-state index in [2.05, 4.69) is 0 Å². The third-order valence-corrected chi connectivity index (χ3v) is 16.1. The molecule has 2 aliphatic heterocycles. The molecule has 13 heteroatoms. The standard InChI is InChI=1S/C68H70O12S/c69-81(70,50-58-39-23-8-24-40-58)68-66(77-47-57-37-21-7-22-38-57)64(75-45-55-33-17-5-18-34-55)62(60(79-68)49-72-42-52-27-11-2-12-28-52)80-67-65(76-46-56-35-19-6-20-36-56)63(74-44-54-31-15-4-16-32-54)61(73-43-53-29-13-3-14-30-53)59(78-67)48-71-41-51-25-9-1-10-26-51/h1-40,59-68H,41-50H2/t59-,60-,61-,62-,63+,64+,65-,66-,67+,68-/m1/s1. The Morgan fingerprint density at radius 3 is 0.951 bits per heavy atom. The first kappa shape index (κ1) is 57.5. The van der Waals surface area contributed by atoms with Crippen LogP contribution < -0.4 is 0 Å². The molecule has 8 aromatic carbocycles. The third kappa shape index (κ3) is 16.7. The van der Waals surface area contributed by atoms with Gasteiger partial charge in [0.15, 0.2) is 21.6 Å². The minimum Gasteiger partial charge on any atom is -0.374 e. The van der Waals surface area contributed by atoms with Gasteiger partial charge in [-0.15, -0.1) is 0 Å². The second-order valence-corrected chi connectivity index (χ2v) is 22.4. The SMILES string of the molecule is O=S(=O)(Cc1ccccc1)[C@H]1O[C@H](COCc2ccccc2)[C@@H](O[C@@H]2O[C@H](COCc3ccccc3)[C@@H](OCc3ccccc3)[C@H](OCc3ccccc3)[C@H]2OCc2ccccc2)[C@H](OCc2ccccc2)[C@H]1OCc1ccccc1. The molecule has 0 unspecified atom stereocenters. The van der Waals surface area contributed by atoms with E-state index in [0.29, 0.717) is 12.2 Å². The van der Waals surface area contributed by atoms with Crippen LogP contribution in [0.15, 0.2) is 243 Å². The van der Waals surface area contributed by atoms with Gasteiger partial charge in [-0.25, -0.2) is 8.42 Å². The van der Waals surface area contributed by atoms with Crippen molar-refractivity contribution in [2.75, 3.05) is 13.2 Å². The predicted octanol–water partition coefficient (Wildman–Crippen LogP) is 11.8. The molecule has 0 aromatic heterocycles. The molecule has 2 aliphatic rings. The summed E-state index contributed by atoms with van der Waals surface area (Å²) >= 11 is 0. The summed E-state index contributed by atoms with van der Waals surface area (Å²) in [5.74, 6) is -0.325. The van der Waals surface area contributed by atoms with Crippen molar-refractivity contribution in [1.82, 2.24) is 0 Å². The minimum atomic E-state index is -4.19. The van der Waals surface area contributed by atoms with Crippen molar-refractivity contribution < 1.29 is 55.8 Å². The summed E-state index contributed by atoms with van der Waals surface area (Å²) in [5, 5.41) is 0. The maximum absolute atomic E-state index is 15.3. The van der Waals surface area contributed by atoms with Gasteiger partial charge in [-0.2, -0.15) is 0 Å². The summed E-state index contributed by atoms with van der Waals surface area (Å²) in [7, 11) is -4.19. The highest BCUT2D eigenvalue weighted by Gasteiger charge is 2.56. The summed E-state index contributed by atoms with van der Waals surface area (Å²) in [6.07, 6.45) is -9.20. The van der Waals surface area contributed by atoms with Crippen molar-refractivity contribution in [2.24, 2.45) is 0 Å². The van der Waals surface area contributed by atoms with Crippen molar-refractivity contribution in [1.29, 1.82) is 0 Å². The fourth-order valence-corrected chi connectivity index (χ4v) is 11.9. The van der Waals surface area contributed by atoms with Crippen LogP contribution >= 0.6 is 0 Å². The zero-order valence-corrected chi connectivity index (χ0v) is 46.1. The van der Waals surface area contributed by atoms with Crippen LogP contribution in [-0.4, -0.2) is 82.2 Å². The predicted molar refractivity (Wildman–Crippen MR) is 309 cm³/mol. The number of hydrogen-bond donors (Lipinski definition) is 0. The lowest BCUT2D eigenvalue weighted by Gasteiger charge is -2.50. The second kappa shape index (κ2) is 29.9. The molecule has 8 aromatic rings. The van der Waals surface area contributed by atoms with E-state index in [4.69, 9.17) is 47.4 Å². The van der Waals surface area contributed by atoms with Crippen LogP contribution in [0, 0.1) is 0 Å². The normalized spacial score (nSPS) is 23.0. The van der Waals surface area contributed by atoms with E-state index in [1.165, 1.54) is 0 Å². The Kier molecular flexibility index (Phi) is 21.2. The van der Waals surface area contributed by atoms with Crippen molar-refractivity contribution in [3.63, 3.8) is 0 Å². The molecule has 0 bridgehead atoms. The molecule has 0 radical (unpaired) electrons. The molecule has 0 saturated carbocycles. The first-order chi connectivity index (χ1) is 39.9. The van der Waals surface area contributed by atoms with Crippen molar-refractivity contribution in [2.45, 2.75) is 113 Å². The Bertz CT molecular complexity index is 3130. The number of sulfone groups is 1. The van der Waals surface area contributed by atoms with Gasteiger partial charge in [0.25, 0.3) is 0 Å². The minimum absolute atomic E-state index is 0.0404. The van der Waals surface area contributed by atoms with Gasteiger partial charge in [-0.3, -0.25) is 0 Å². The molecule has 0 N–H and O–H groups in total. The average Bonchev–Trinajstić information content (AvgIpc) is 3.67. The molecule has 0 spiro atoms. The topological polar surface area (TPSA) is 126 Å². The first-order valence-corrected chi connectivity index (χ1v) is 29.4. The van der Waals surface area contributed by atoms with Gasteiger partial charge in [-0.1, -0.05) is 243 Å². The fraction of sp³-hybridized carbons (Fsp3) is 0.294. The molecule has 10 rings (SSSR count). The summed E-state index contributed by atoms with van der Waals surface area (Å²) in [6.45, 7) is 1.19. The molecule has 2 saturated heterocycles. The fourth-order valence-electron chi connectivity index (χ4n) is 10.1. The molecule has 2 fully saturated rings. The molecule has 420 valence electrons. The lowest BCUT2D eigenvalue weighted by atomic mass is 9.96. The Morgan fingerprint density at radius 2 is 0.580 bits per heavy atom. The summed E-state index contributed by atoms with van der Waals surface area (Å²) in [4.78, 5) is 0. The smallest absolute Gasteiger partial charge is 0.188 e. The molecular formula is C68H70O12S. The molecule has 81 heavy (non-hydrogen) atoms. The van der Waals surface area contributed by atoms with E-state index in [-0.39, 0.29) is 58.6 Å². The van der Waals surface area contributed by atoms with Crippen LogP contribution in [-0.2, 0) is 109 Å². The maximum Gasteiger partial charge on any atom is 0.188 e. The molecule has 10 atom stereocenters. The van der Waals surface area contributed by atoms with Crippen molar-refractivity contribution in [3.8, 4) is 0 Å². The zero-order chi connectivity index (χ0) is 55.3. The Hall–Kier alpha value is -6.69. The van der Waals surface area contributed by atoms with E-state index < -0.39 is 70.4 Å². The van der Waals surface area contributed by atoms with Gasteiger partial charge in [0.1, 0.15) is 48.8 Å². The first-order valence-electron chi connectivity index (χ1n) is 27.6. The highest BCUT2D eigenvalue weighted by atomic mass is 32.2. The average molecular weight is 1110 g/mol. The Labute approximate surface area is 476 Å². The number of rotatable bonds is 28. The van der Waals surface area contributed by atoms with Gasteiger partial charge in [0, 0.05) is 0 Å². The highest BCUT2D eigenvalue weighted by Crippen LogP contribution is 2.38. The van der Waals surface area contributed by atoms with E-state index in [0.717, 1.165) is 38.9 Å². The molecule has 0 amide bonds. The summed E-state index contributed by atoms with van der Waals surface area (Å²) in [6, 6.07) is 77.9. The van der Waals surface area contributed by atoms with E-state index in [1.807, 2.05) is 231 Å². The van der Waals surface area contributed by atoms with Gasteiger partial charge in [0.05, 0.1) is 65.2 Å². The van der Waals surface area contributed by atoms with Gasteiger partial charge >= 0.3 is 0 Å². The number of benzene rings is 8. The van der Waals surface area contributed by atoms with Gasteiger partial charge in [-0.05, 0) is 44.5 Å². The van der Waals surface area contributed by atoms with Crippen LogP contribution in [0.1, 0.15) is 44.5 Å². The summed E-state index contributed by atoms with van der Waals surface area (Å²) in [5.41, 5.74) is 5.44. The lowest BCUT2D eigenvalue weighted by molar-refractivity contribution is -0.360. The third-order valence-electron chi connectivity index (χ3n) is 14.3. The second-order valence-electron chi connectivity index (χ2n) is 20.3. The number of ether oxygens (including phenoxy) is 10. The van der Waals surface area contributed by atoms with Crippen molar-refractivity contribution >= 4 is 9.84 Å². The van der Waals surface area contributed by atoms with Crippen LogP contribution in [0.2, 0.25) is 0 Å². The molecular weight excluding hydrogens is 1040 g/mol.